The van der Waals surface area contributed by atoms with Gasteiger partial charge in [0.25, 0.3) is 0 Å². The number of hydrogen-bond donors (Lipinski definition) is 5. The maximum absolute atomic E-state index is 10.4. The fraction of sp³-hybridized carbons (Fsp3) is 1.00. The minimum absolute atomic E-state index is 0.00991. The molecule has 0 aromatic rings. The molecule has 0 spiro atoms. The van der Waals surface area contributed by atoms with Crippen molar-refractivity contribution in [2.75, 3.05) is 0 Å². The molecule has 0 aromatic heterocycles. The molecule has 0 rings (SSSR count). The molecule has 250 valence electrons. The highest BCUT2D eigenvalue weighted by atomic mass is 31.2. The maximum atomic E-state index is 10.4. The molecule has 7 heteroatoms. The molecule has 6 nitrogen and oxygen atoms in total. The van der Waals surface area contributed by atoms with E-state index >= 15 is 0 Å². The van der Waals surface area contributed by atoms with Crippen molar-refractivity contribution >= 4 is 7.82 Å². The molecule has 0 bridgehead atoms. The van der Waals surface area contributed by atoms with Crippen molar-refractivity contribution in [3.8, 4) is 0 Å². The number of aliphatic hydroxyl groups excluding tert-OH is 1. The van der Waals surface area contributed by atoms with Crippen LogP contribution >= 0.6 is 7.82 Å². The third-order valence-electron chi connectivity index (χ3n) is 8.24. The van der Waals surface area contributed by atoms with Gasteiger partial charge in [-0.25, -0.2) is 4.57 Å². The standard InChI is InChI=1S/C34H71NO.H3O4P/c1-3-5-7-9-11-13-15-17-19-21-23-25-27-29-31-33(35)34(36)32-30-28-26-24-22-20-18-16-14-12-10-8-6-4-2;1-5(2,3)4/h33-34,36H,3-32,35H2,1-2H3;(H3,1,2,3,4). The molecule has 0 saturated heterocycles. The molecule has 6 N–H and O–H groups in total. The van der Waals surface area contributed by atoms with Crippen LogP contribution in [0.15, 0.2) is 0 Å². The minimum atomic E-state index is -4.64. The van der Waals surface area contributed by atoms with E-state index in [1.807, 2.05) is 0 Å². The summed E-state index contributed by atoms with van der Waals surface area (Å²) in [5.41, 5.74) is 6.27. The molecule has 0 aliphatic heterocycles. The molecule has 0 saturated carbocycles. The van der Waals surface area contributed by atoms with Crippen LogP contribution in [0.3, 0.4) is 0 Å². The van der Waals surface area contributed by atoms with Gasteiger partial charge in [-0.2, -0.15) is 0 Å². The zero-order chi connectivity index (χ0) is 30.9. The van der Waals surface area contributed by atoms with E-state index in [0.29, 0.717) is 0 Å². The second kappa shape index (κ2) is 34.5. The van der Waals surface area contributed by atoms with E-state index in [1.165, 1.54) is 173 Å². The molecular weight excluding hydrogens is 533 g/mol. The summed E-state index contributed by atoms with van der Waals surface area (Å²) in [6.45, 7) is 4.58. The van der Waals surface area contributed by atoms with Gasteiger partial charge >= 0.3 is 7.82 Å². The Balaban J connectivity index is 0. The fourth-order valence-electron chi connectivity index (χ4n) is 5.53. The zero-order valence-corrected chi connectivity index (χ0v) is 28.5. The summed E-state index contributed by atoms with van der Waals surface area (Å²) in [5.74, 6) is 0. The van der Waals surface area contributed by atoms with Crippen LogP contribution < -0.4 is 5.73 Å². The Morgan fingerprint density at radius 2 is 0.634 bits per heavy atom. The van der Waals surface area contributed by atoms with Gasteiger partial charge in [-0.3, -0.25) is 0 Å². The monoisotopic (exact) mass is 608 g/mol. The van der Waals surface area contributed by atoms with Crippen LogP contribution in [-0.4, -0.2) is 31.9 Å². The number of phosphoric acid groups is 1. The van der Waals surface area contributed by atoms with Crippen molar-refractivity contribution in [1.82, 2.24) is 0 Å². The second-order valence-electron chi connectivity index (χ2n) is 12.5. The van der Waals surface area contributed by atoms with Gasteiger partial charge in [-0.15, -0.1) is 0 Å². The van der Waals surface area contributed by atoms with Crippen LogP contribution in [0.4, 0.5) is 0 Å². The van der Waals surface area contributed by atoms with Crippen molar-refractivity contribution in [3.05, 3.63) is 0 Å². The Bertz CT molecular complexity index is 487. The van der Waals surface area contributed by atoms with Gasteiger partial charge in [0.05, 0.1) is 6.10 Å². The molecule has 0 fully saturated rings. The third kappa shape index (κ3) is 44.6. The molecular formula is C34H74NO5P. The molecule has 0 aromatic carbocycles. The first-order chi connectivity index (χ1) is 19.7. The van der Waals surface area contributed by atoms with E-state index in [-0.39, 0.29) is 12.1 Å². The lowest BCUT2D eigenvalue weighted by atomic mass is 9.98. The Morgan fingerprint density at radius 1 is 0.439 bits per heavy atom. The summed E-state index contributed by atoms with van der Waals surface area (Å²) in [4.78, 5) is 21.6. The predicted molar refractivity (Wildman–Crippen MR) is 178 cm³/mol. The summed E-state index contributed by atoms with van der Waals surface area (Å²) in [6.07, 6.45) is 40.4. The maximum Gasteiger partial charge on any atom is 0.466 e. The first-order valence-corrected chi connectivity index (χ1v) is 19.5. The van der Waals surface area contributed by atoms with Crippen LogP contribution in [0, 0.1) is 0 Å². The first-order valence-electron chi connectivity index (χ1n) is 17.9. The van der Waals surface area contributed by atoms with E-state index < -0.39 is 7.82 Å². The molecule has 2 atom stereocenters. The summed E-state index contributed by atoms with van der Waals surface area (Å²) in [6, 6.07) is -0.00991. The lowest BCUT2D eigenvalue weighted by Crippen LogP contribution is -2.34. The molecule has 0 amide bonds. The highest BCUT2D eigenvalue weighted by Gasteiger charge is 2.13. The number of nitrogens with two attached hydrogens (primary N) is 1. The van der Waals surface area contributed by atoms with Gasteiger partial charge in [0.1, 0.15) is 0 Å². The average Bonchev–Trinajstić information content (AvgIpc) is 2.92. The highest BCUT2D eigenvalue weighted by Crippen LogP contribution is 2.25. The molecule has 2 unspecified atom stereocenters. The van der Waals surface area contributed by atoms with Gasteiger partial charge in [-0.1, -0.05) is 194 Å². The largest absolute Gasteiger partial charge is 0.466 e. The van der Waals surface area contributed by atoms with Crippen LogP contribution in [0.25, 0.3) is 0 Å². The van der Waals surface area contributed by atoms with Crippen LogP contribution in [0.2, 0.25) is 0 Å². The number of aliphatic hydroxyl groups is 1. The Hall–Kier alpha value is 0.0300. The highest BCUT2D eigenvalue weighted by molar-refractivity contribution is 7.45. The van der Waals surface area contributed by atoms with Crippen LogP contribution in [-0.2, 0) is 4.57 Å². The fourth-order valence-corrected chi connectivity index (χ4v) is 5.53. The van der Waals surface area contributed by atoms with Gasteiger partial charge < -0.3 is 25.5 Å². The quantitative estimate of drug-likeness (QED) is 0.0394. The van der Waals surface area contributed by atoms with Gasteiger partial charge in [0.15, 0.2) is 0 Å². The lowest BCUT2D eigenvalue weighted by Gasteiger charge is -2.18. The van der Waals surface area contributed by atoms with Gasteiger partial charge in [0, 0.05) is 6.04 Å². The SMILES string of the molecule is CCCCCCCCCCCCCCCCC(N)C(O)CCCCCCCCCCCCCCCC.O=P(O)(O)O. The third-order valence-corrected chi connectivity index (χ3v) is 8.24. The van der Waals surface area contributed by atoms with Crippen molar-refractivity contribution in [1.29, 1.82) is 0 Å². The molecule has 41 heavy (non-hydrogen) atoms. The van der Waals surface area contributed by atoms with E-state index in [4.69, 9.17) is 25.0 Å². The summed E-state index contributed by atoms with van der Waals surface area (Å²) in [7, 11) is -4.64. The van der Waals surface area contributed by atoms with E-state index in [9.17, 15) is 5.11 Å². The Morgan fingerprint density at radius 3 is 0.878 bits per heavy atom. The van der Waals surface area contributed by atoms with Crippen LogP contribution in [0.1, 0.15) is 206 Å². The van der Waals surface area contributed by atoms with Crippen molar-refractivity contribution < 1.29 is 24.4 Å². The predicted octanol–water partition coefficient (Wildman–Crippen LogP) is 10.5. The van der Waals surface area contributed by atoms with E-state index in [0.717, 1.165) is 19.3 Å². The first kappa shape index (κ1) is 43.2. The lowest BCUT2D eigenvalue weighted by molar-refractivity contribution is 0.126. The topological polar surface area (TPSA) is 124 Å². The smallest absolute Gasteiger partial charge is 0.392 e. The summed E-state index contributed by atoms with van der Waals surface area (Å²) < 4.78 is 8.88. The minimum Gasteiger partial charge on any atom is -0.392 e. The number of rotatable bonds is 31. The normalized spacial score (nSPS) is 13.1. The molecule has 0 heterocycles. The average molecular weight is 608 g/mol. The summed E-state index contributed by atoms with van der Waals surface area (Å²) in [5, 5.41) is 10.4. The Kier molecular flexibility index (Phi) is 36.3. The zero-order valence-electron chi connectivity index (χ0n) is 27.6. The number of hydrogen-bond acceptors (Lipinski definition) is 3. The van der Waals surface area contributed by atoms with E-state index in [1.54, 1.807) is 0 Å². The molecule has 0 aliphatic carbocycles. The van der Waals surface area contributed by atoms with Crippen LogP contribution in [0.5, 0.6) is 0 Å². The van der Waals surface area contributed by atoms with Crippen molar-refractivity contribution in [3.63, 3.8) is 0 Å². The summed E-state index contributed by atoms with van der Waals surface area (Å²) >= 11 is 0. The van der Waals surface area contributed by atoms with Gasteiger partial charge in [-0.05, 0) is 12.8 Å². The van der Waals surface area contributed by atoms with E-state index in [2.05, 4.69) is 13.8 Å². The Labute approximate surface area is 256 Å². The van der Waals surface area contributed by atoms with Crippen molar-refractivity contribution in [2.45, 2.75) is 219 Å². The molecule has 0 aliphatic rings. The van der Waals surface area contributed by atoms with Gasteiger partial charge in [0.2, 0.25) is 0 Å². The second-order valence-corrected chi connectivity index (χ2v) is 13.5. The number of unbranched alkanes of at least 4 members (excludes halogenated alkanes) is 26. The van der Waals surface area contributed by atoms with Crippen molar-refractivity contribution in [2.24, 2.45) is 5.73 Å². The molecule has 0 radical (unpaired) electrons.